The number of ether oxygens (including phenoxy) is 3. The lowest BCUT2D eigenvalue weighted by Gasteiger charge is -2.24. The highest BCUT2D eigenvalue weighted by atomic mass is 16.6. The van der Waals surface area contributed by atoms with E-state index in [1.165, 1.54) is 6.92 Å². The van der Waals surface area contributed by atoms with Gasteiger partial charge in [0, 0.05) is 6.61 Å². The molecule has 0 aliphatic carbocycles. The summed E-state index contributed by atoms with van der Waals surface area (Å²) in [5.74, 6) is -1.22. The van der Waals surface area contributed by atoms with Crippen molar-refractivity contribution in [3.63, 3.8) is 0 Å². The molecule has 0 aliphatic rings. The fourth-order valence-electron chi connectivity index (χ4n) is 1.09. The van der Waals surface area contributed by atoms with Crippen molar-refractivity contribution in [2.75, 3.05) is 26.4 Å². The van der Waals surface area contributed by atoms with Gasteiger partial charge >= 0.3 is 11.9 Å². The minimum Gasteiger partial charge on any atom is -0.465 e. The van der Waals surface area contributed by atoms with E-state index in [1.807, 2.05) is 0 Å². The Balaban J connectivity index is 4.71. The minimum atomic E-state index is -1.37. The first-order valence-corrected chi connectivity index (χ1v) is 5.45. The molecule has 5 nitrogen and oxygen atoms in total. The van der Waals surface area contributed by atoms with Gasteiger partial charge in [0.1, 0.15) is 0 Å². The second-order valence-electron chi connectivity index (χ2n) is 3.41. The molecule has 0 N–H and O–H groups in total. The molecule has 0 fully saturated rings. The lowest BCUT2D eigenvalue weighted by atomic mass is 9.92. The molecule has 0 aromatic rings. The average molecular weight is 232 g/mol. The third kappa shape index (κ3) is 3.81. The van der Waals surface area contributed by atoms with Crippen LogP contribution in [0.2, 0.25) is 0 Å². The van der Waals surface area contributed by atoms with E-state index in [9.17, 15) is 9.59 Å². The highest BCUT2D eigenvalue weighted by Gasteiger charge is 2.44. The van der Waals surface area contributed by atoms with Crippen LogP contribution in [0.1, 0.15) is 27.7 Å². The Bertz CT molecular complexity index is 219. The summed E-state index contributed by atoms with van der Waals surface area (Å²) in [7, 11) is 0. The summed E-state index contributed by atoms with van der Waals surface area (Å²) < 4.78 is 14.8. The van der Waals surface area contributed by atoms with Crippen LogP contribution in [0.5, 0.6) is 0 Å². The van der Waals surface area contributed by atoms with Gasteiger partial charge in [-0.3, -0.25) is 9.59 Å². The molecule has 0 atom stereocenters. The van der Waals surface area contributed by atoms with Gasteiger partial charge in [-0.05, 0) is 27.7 Å². The first kappa shape index (κ1) is 14.9. The molecule has 0 bridgehead atoms. The highest BCUT2D eigenvalue weighted by molar-refractivity contribution is 5.99. The van der Waals surface area contributed by atoms with Gasteiger partial charge in [-0.2, -0.15) is 0 Å². The van der Waals surface area contributed by atoms with Crippen molar-refractivity contribution < 1.29 is 23.8 Å². The van der Waals surface area contributed by atoms with Gasteiger partial charge in [-0.1, -0.05) is 0 Å². The van der Waals surface area contributed by atoms with Crippen molar-refractivity contribution in [2.24, 2.45) is 5.41 Å². The van der Waals surface area contributed by atoms with E-state index in [-0.39, 0.29) is 19.8 Å². The van der Waals surface area contributed by atoms with Gasteiger partial charge in [0.15, 0.2) is 5.41 Å². The highest BCUT2D eigenvalue weighted by Crippen LogP contribution is 2.21. The van der Waals surface area contributed by atoms with E-state index in [1.54, 1.807) is 20.8 Å². The molecule has 0 saturated carbocycles. The largest absolute Gasteiger partial charge is 0.465 e. The molecule has 0 radical (unpaired) electrons. The molecule has 0 aromatic carbocycles. The molecule has 94 valence electrons. The topological polar surface area (TPSA) is 61.8 Å². The normalized spacial score (nSPS) is 11.0. The van der Waals surface area contributed by atoms with Crippen LogP contribution >= 0.6 is 0 Å². The molecule has 0 unspecified atom stereocenters. The fourth-order valence-corrected chi connectivity index (χ4v) is 1.09. The molecule has 0 saturated heterocycles. The monoisotopic (exact) mass is 232 g/mol. The number of carbonyl (C=O) groups excluding carboxylic acids is 2. The molecule has 0 rings (SSSR count). The van der Waals surface area contributed by atoms with Gasteiger partial charge in [0.2, 0.25) is 0 Å². The van der Waals surface area contributed by atoms with Crippen molar-refractivity contribution in [3.05, 3.63) is 0 Å². The predicted octanol–water partition coefficient (Wildman–Crippen LogP) is 1.16. The maximum atomic E-state index is 11.7. The van der Waals surface area contributed by atoms with Crippen LogP contribution in [-0.2, 0) is 23.8 Å². The summed E-state index contributed by atoms with van der Waals surface area (Å²) in [5, 5.41) is 0. The van der Waals surface area contributed by atoms with E-state index in [2.05, 4.69) is 0 Å². The van der Waals surface area contributed by atoms with Gasteiger partial charge in [0.05, 0.1) is 19.8 Å². The summed E-state index contributed by atoms with van der Waals surface area (Å²) in [4.78, 5) is 23.4. The standard InChI is InChI=1S/C11H20O5/c1-5-14-8-11(4,9(12)15-6-2)10(13)16-7-3/h5-8H2,1-4H3. The van der Waals surface area contributed by atoms with Crippen LogP contribution in [0, 0.1) is 5.41 Å². The number of esters is 2. The maximum Gasteiger partial charge on any atom is 0.325 e. The Morgan fingerprint density at radius 3 is 1.69 bits per heavy atom. The molecular formula is C11H20O5. The molecule has 0 aromatic heterocycles. The van der Waals surface area contributed by atoms with Crippen LogP contribution in [0.4, 0.5) is 0 Å². The van der Waals surface area contributed by atoms with Crippen molar-refractivity contribution >= 4 is 11.9 Å². The van der Waals surface area contributed by atoms with Crippen LogP contribution in [-0.4, -0.2) is 38.4 Å². The molecule has 16 heavy (non-hydrogen) atoms. The first-order valence-electron chi connectivity index (χ1n) is 5.45. The zero-order chi connectivity index (χ0) is 12.6. The van der Waals surface area contributed by atoms with Gasteiger partial charge < -0.3 is 14.2 Å². The fraction of sp³-hybridized carbons (Fsp3) is 0.818. The molecular weight excluding hydrogens is 212 g/mol. The zero-order valence-electron chi connectivity index (χ0n) is 10.4. The van der Waals surface area contributed by atoms with Crippen LogP contribution < -0.4 is 0 Å². The second kappa shape index (κ2) is 7.22. The number of rotatable bonds is 7. The van der Waals surface area contributed by atoms with E-state index in [0.29, 0.717) is 6.61 Å². The second-order valence-corrected chi connectivity index (χ2v) is 3.41. The van der Waals surface area contributed by atoms with E-state index in [0.717, 1.165) is 0 Å². The van der Waals surface area contributed by atoms with Crippen LogP contribution in [0.3, 0.4) is 0 Å². The molecule has 0 heterocycles. The lowest BCUT2D eigenvalue weighted by Crippen LogP contribution is -2.43. The minimum absolute atomic E-state index is 0.0266. The third-order valence-corrected chi connectivity index (χ3v) is 2.05. The van der Waals surface area contributed by atoms with Crippen molar-refractivity contribution in [1.82, 2.24) is 0 Å². The molecule has 5 heteroatoms. The van der Waals surface area contributed by atoms with Crippen LogP contribution in [0.15, 0.2) is 0 Å². The molecule has 0 aliphatic heterocycles. The first-order chi connectivity index (χ1) is 7.52. The summed E-state index contributed by atoms with van der Waals surface area (Å²) in [6, 6.07) is 0. The Kier molecular flexibility index (Phi) is 6.72. The Labute approximate surface area is 96.1 Å². The quantitative estimate of drug-likeness (QED) is 0.487. The summed E-state index contributed by atoms with van der Waals surface area (Å²) in [6.45, 7) is 7.47. The zero-order valence-corrected chi connectivity index (χ0v) is 10.4. The summed E-state index contributed by atoms with van der Waals surface area (Å²) >= 11 is 0. The Morgan fingerprint density at radius 2 is 1.38 bits per heavy atom. The van der Waals surface area contributed by atoms with Gasteiger partial charge in [0.25, 0.3) is 0 Å². The number of carbonyl (C=O) groups is 2. The Hall–Kier alpha value is -1.10. The van der Waals surface area contributed by atoms with Crippen molar-refractivity contribution in [2.45, 2.75) is 27.7 Å². The van der Waals surface area contributed by atoms with E-state index in [4.69, 9.17) is 14.2 Å². The number of hydrogen-bond acceptors (Lipinski definition) is 5. The van der Waals surface area contributed by atoms with Crippen molar-refractivity contribution in [3.8, 4) is 0 Å². The summed E-state index contributed by atoms with van der Waals surface area (Å²) in [6.07, 6.45) is 0. The Morgan fingerprint density at radius 1 is 0.938 bits per heavy atom. The SMILES string of the molecule is CCOCC(C)(C(=O)OCC)C(=O)OCC. The van der Waals surface area contributed by atoms with Gasteiger partial charge in [-0.15, -0.1) is 0 Å². The smallest absolute Gasteiger partial charge is 0.325 e. The predicted molar refractivity (Wildman–Crippen MR) is 57.9 cm³/mol. The summed E-state index contributed by atoms with van der Waals surface area (Å²) in [5.41, 5.74) is -1.37. The maximum absolute atomic E-state index is 11.7. The van der Waals surface area contributed by atoms with E-state index < -0.39 is 17.4 Å². The molecule has 0 spiro atoms. The van der Waals surface area contributed by atoms with Crippen molar-refractivity contribution in [1.29, 1.82) is 0 Å². The third-order valence-electron chi connectivity index (χ3n) is 2.05. The average Bonchev–Trinajstić information content (AvgIpc) is 2.26. The lowest BCUT2D eigenvalue weighted by molar-refractivity contribution is -0.175. The van der Waals surface area contributed by atoms with E-state index >= 15 is 0 Å². The van der Waals surface area contributed by atoms with Gasteiger partial charge in [-0.25, -0.2) is 0 Å². The van der Waals surface area contributed by atoms with Crippen LogP contribution in [0.25, 0.3) is 0 Å². The molecule has 0 amide bonds. The number of hydrogen-bond donors (Lipinski definition) is 0.